The Morgan fingerprint density at radius 3 is 2.71 bits per heavy atom. The minimum absolute atomic E-state index is 0.0210. The summed E-state index contributed by atoms with van der Waals surface area (Å²) in [5.41, 5.74) is 4.41. The molecule has 1 atom stereocenters. The van der Waals surface area contributed by atoms with E-state index >= 15 is 0 Å². The lowest BCUT2D eigenvalue weighted by atomic mass is 10.0. The lowest BCUT2D eigenvalue weighted by Crippen LogP contribution is -2.43. The fraction of sp³-hybridized carbons (Fsp3) is 0.368. The molecule has 1 unspecified atom stereocenters. The standard InChI is InChI=1S/C19H24N4O/c1-14(18-13-22(3)21-15(18)2)20-19(24)23-11-7-10-17(12-23)16-8-5-4-6-9-16/h4-6,8-10,13-14H,7,11-12H2,1-3H3,(H,20,24). The molecule has 0 fully saturated rings. The molecule has 0 aliphatic carbocycles. The van der Waals surface area contributed by atoms with Gasteiger partial charge in [-0.3, -0.25) is 4.68 Å². The number of nitrogens with zero attached hydrogens (tertiary/aromatic N) is 3. The van der Waals surface area contributed by atoms with Gasteiger partial charge in [0.25, 0.3) is 0 Å². The predicted octanol–water partition coefficient (Wildman–Crippen LogP) is 3.29. The Kier molecular flexibility index (Phi) is 4.69. The van der Waals surface area contributed by atoms with E-state index < -0.39 is 0 Å². The van der Waals surface area contributed by atoms with Gasteiger partial charge in [0.2, 0.25) is 0 Å². The predicted molar refractivity (Wildman–Crippen MR) is 95.5 cm³/mol. The smallest absolute Gasteiger partial charge is 0.318 e. The molecule has 3 rings (SSSR count). The molecule has 0 saturated carbocycles. The number of aryl methyl sites for hydroxylation is 2. The van der Waals surface area contributed by atoms with Gasteiger partial charge in [-0.25, -0.2) is 4.79 Å². The van der Waals surface area contributed by atoms with Gasteiger partial charge in [-0.05, 0) is 31.4 Å². The minimum atomic E-state index is -0.0581. The van der Waals surface area contributed by atoms with Crippen LogP contribution in [0.3, 0.4) is 0 Å². The molecule has 24 heavy (non-hydrogen) atoms. The molecule has 5 nitrogen and oxygen atoms in total. The molecule has 0 spiro atoms. The average molecular weight is 324 g/mol. The van der Waals surface area contributed by atoms with Crippen molar-refractivity contribution in [3.8, 4) is 0 Å². The van der Waals surface area contributed by atoms with Gasteiger partial charge in [-0.2, -0.15) is 5.10 Å². The van der Waals surface area contributed by atoms with Gasteiger partial charge in [0, 0.05) is 31.9 Å². The van der Waals surface area contributed by atoms with E-state index in [-0.39, 0.29) is 12.1 Å². The second-order valence-electron chi connectivity index (χ2n) is 6.32. The van der Waals surface area contributed by atoms with Crippen LogP contribution in [0.4, 0.5) is 4.79 Å². The zero-order chi connectivity index (χ0) is 17.1. The van der Waals surface area contributed by atoms with Gasteiger partial charge in [-0.15, -0.1) is 0 Å². The minimum Gasteiger partial charge on any atom is -0.331 e. The molecule has 5 heteroatoms. The summed E-state index contributed by atoms with van der Waals surface area (Å²) in [7, 11) is 1.90. The molecule has 1 N–H and O–H groups in total. The first-order valence-electron chi connectivity index (χ1n) is 8.34. The number of hydrogen-bond acceptors (Lipinski definition) is 2. The Labute approximate surface area is 143 Å². The highest BCUT2D eigenvalue weighted by molar-refractivity contribution is 5.79. The van der Waals surface area contributed by atoms with E-state index in [1.807, 2.05) is 50.2 Å². The van der Waals surface area contributed by atoms with Gasteiger partial charge in [-0.1, -0.05) is 36.4 Å². The highest BCUT2D eigenvalue weighted by Crippen LogP contribution is 2.21. The Bertz CT molecular complexity index is 748. The third-order valence-electron chi connectivity index (χ3n) is 4.44. The van der Waals surface area contributed by atoms with Crippen molar-refractivity contribution in [2.75, 3.05) is 13.1 Å². The molecule has 2 heterocycles. The number of urea groups is 1. The first kappa shape index (κ1) is 16.3. The molecule has 126 valence electrons. The quantitative estimate of drug-likeness (QED) is 0.942. The third-order valence-corrected chi connectivity index (χ3v) is 4.44. The van der Waals surface area contributed by atoms with Gasteiger partial charge in [0.1, 0.15) is 0 Å². The van der Waals surface area contributed by atoms with Crippen molar-refractivity contribution in [3.63, 3.8) is 0 Å². The average Bonchev–Trinajstić information content (AvgIpc) is 2.94. The van der Waals surface area contributed by atoms with E-state index in [0.717, 1.165) is 24.2 Å². The molecule has 1 aromatic carbocycles. The highest BCUT2D eigenvalue weighted by atomic mass is 16.2. The number of carbonyl (C=O) groups is 1. The molecule has 1 aliphatic heterocycles. The Balaban J connectivity index is 1.65. The van der Waals surface area contributed by atoms with Crippen molar-refractivity contribution >= 4 is 11.6 Å². The molecule has 0 saturated heterocycles. The Hall–Kier alpha value is -2.56. The number of amides is 2. The van der Waals surface area contributed by atoms with E-state index in [1.165, 1.54) is 11.1 Å². The summed E-state index contributed by atoms with van der Waals surface area (Å²) in [6.45, 7) is 5.37. The first-order chi connectivity index (χ1) is 11.5. The summed E-state index contributed by atoms with van der Waals surface area (Å²) < 4.78 is 1.78. The monoisotopic (exact) mass is 324 g/mol. The fourth-order valence-electron chi connectivity index (χ4n) is 3.18. The summed E-state index contributed by atoms with van der Waals surface area (Å²) in [6.07, 6.45) is 5.08. The van der Waals surface area contributed by atoms with E-state index in [2.05, 4.69) is 28.6 Å². The molecular weight excluding hydrogens is 300 g/mol. The maximum absolute atomic E-state index is 12.6. The van der Waals surface area contributed by atoms with Crippen LogP contribution in [-0.2, 0) is 7.05 Å². The maximum Gasteiger partial charge on any atom is 0.318 e. The van der Waals surface area contributed by atoms with E-state index in [1.54, 1.807) is 4.68 Å². The van der Waals surface area contributed by atoms with E-state index in [0.29, 0.717) is 6.54 Å². The van der Waals surface area contributed by atoms with Gasteiger partial charge >= 0.3 is 6.03 Å². The van der Waals surface area contributed by atoms with Crippen molar-refractivity contribution < 1.29 is 4.79 Å². The summed E-state index contributed by atoms with van der Waals surface area (Å²) in [4.78, 5) is 14.5. The largest absolute Gasteiger partial charge is 0.331 e. The zero-order valence-corrected chi connectivity index (χ0v) is 14.5. The third kappa shape index (κ3) is 3.50. The SMILES string of the molecule is Cc1nn(C)cc1C(C)NC(=O)N1CCC=C(c2ccccc2)C1. The normalized spacial score (nSPS) is 15.8. The number of carbonyl (C=O) groups excluding carboxylic acids is 1. The molecule has 0 radical (unpaired) electrons. The number of nitrogens with one attached hydrogen (secondary N) is 1. The summed E-state index contributed by atoms with van der Waals surface area (Å²) in [6, 6.07) is 10.2. The van der Waals surface area contributed by atoms with Crippen LogP contribution in [0.2, 0.25) is 0 Å². The molecule has 1 aromatic heterocycles. The van der Waals surface area contributed by atoms with Gasteiger partial charge < -0.3 is 10.2 Å². The zero-order valence-electron chi connectivity index (χ0n) is 14.5. The molecule has 0 bridgehead atoms. The molecule has 2 aromatic rings. The summed E-state index contributed by atoms with van der Waals surface area (Å²) in [5.74, 6) is 0. The van der Waals surface area contributed by atoms with E-state index in [4.69, 9.17) is 0 Å². The summed E-state index contributed by atoms with van der Waals surface area (Å²) >= 11 is 0. The van der Waals surface area contributed by atoms with Crippen LogP contribution in [0.15, 0.2) is 42.6 Å². The Morgan fingerprint density at radius 2 is 2.04 bits per heavy atom. The van der Waals surface area contributed by atoms with Crippen LogP contribution >= 0.6 is 0 Å². The maximum atomic E-state index is 12.6. The first-order valence-corrected chi connectivity index (χ1v) is 8.34. The molecule has 2 amide bonds. The van der Waals surface area contributed by atoms with Crippen molar-refractivity contribution in [2.45, 2.75) is 26.3 Å². The van der Waals surface area contributed by atoms with Crippen LogP contribution in [0.5, 0.6) is 0 Å². The second-order valence-corrected chi connectivity index (χ2v) is 6.32. The topological polar surface area (TPSA) is 50.2 Å². The van der Waals surface area contributed by atoms with Crippen molar-refractivity contribution in [3.05, 3.63) is 59.4 Å². The van der Waals surface area contributed by atoms with Crippen LogP contribution in [0.25, 0.3) is 5.57 Å². The number of aromatic nitrogens is 2. The van der Waals surface area contributed by atoms with Crippen molar-refractivity contribution in [1.29, 1.82) is 0 Å². The van der Waals surface area contributed by atoms with Crippen LogP contribution < -0.4 is 5.32 Å². The van der Waals surface area contributed by atoms with Crippen LogP contribution in [0.1, 0.15) is 36.2 Å². The molecular formula is C19H24N4O. The number of rotatable bonds is 3. The van der Waals surface area contributed by atoms with E-state index in [9.17, 15) is 4.79 Å². The summed E-state index contributed by atoms with van der Waals surface area (Å²) in [5, 5.41) is 7.44. The number of benzene rings is 1. The van der Waals surface area contributed by atoms with Gasteiger partial charge in [0.05, 0.1) is 11.7 Å². The fourth-order valence-corrected chi connectivity index (χ4v) is 3.18. The highest BCUT2D eigenvalue weighted by Gasteiger charge is 2.21. The second kappa shape index (κ2) is 6.91. The van der Waals surface area contributed by atoms with Crippen molar-refractivity contribution in [2.24, 2.45) is 7.05 Å². The Morgan fingerprint density at radius 1 is 1.29 bits per heavy atom. The lowest BCUT2D eigenvalue weighted by Gasteiger charge is -2.29. The van der Waals surface area contributed by atoms with Crippen molar-refractivity contribution in [1.82, 2.24) is 20.0 Å². The number of hydrogen-bond donors (Lipinski definition) is 1. The molecule has 1 aliphatic rings. The van der Waals surface area contributed by atoms with Gasteiger partial charge in [0.15, 0.2) is 0 Å². The van der Waals surface area contributed by atoms with Crippen LogP contribution in [0, 0.1) is 6.92 Å². The lowest BCUT2D eigenvalue weighted by molar-refractivity contribution is 0.200. The van der Waals surface area contributed by atoms with Crippen LogP contribution in [-0.4, -0.2) is 33.8 Å².